The largest absolute Gasteiger partial charge is 0.393 e. The van der Waals surface area contributed by atoms with Crippen LogP contribution in [-0.2, 0) is 0 Å². The van der Waals surface area contributed by atoms with E-state index in [4.69, 9.17) is 11.6 Å². The molecule has 1 unspecified atom stereocenters. The average Bonchev–Trinajstić information content (AvgIpc) is 2.27. The first-order chi connectivity index (χ1) is 8.40. The predicted octanol–water partition coefficient (Wildman–Crippen LogP) is 2.79. The summed E-state index contributed by atoms with van der Waals surface area (Å²) in [4.78, 5) is 11.8. The molecule has 0 bridgehead atoms. The van der Waals surface area contributed by atoms with Crippen molar-refractivity contribution in [3.8, 4) is 0 Å². The molecule has 1 amide bonds. The van der Waals surface area contributed by atoms with Crippen LogP contribution in [-0.4, -0.2) is 23.7 Å². The van der Waals surface area contributed by atoms with Crippen molar-refractivity contribution in [2.75, 3.05) is 6.54 Å². The molecular weight excluding hydrogens is 250 g/mol. The Morgan fingerprint density at radius 3 is 2.61 bits per heavy atom. The van der Waals surface area contributed by atoms with Crippen molar-refractivity contribution in [1.29, 1.82) is 0 Å². The highest BCUT2D eigenvalue weighted by atomic mass is 35.5. The highest BCUT2D eigenvalue weighted by Crippen LogP contribution is 2.14. The van der Waals surface area contributed by atoms with E-state index >= 15 is 0 Å². The third kappa shape index (κ3) is 4.67. The van der Waals surface area contributed by atoms with Gasteiger partial charge in [-0.3, -0.25) is 4.79 Å². The molecule has 0 aliphatic carbocycles. The number of carbonyl (C=O) groups excluding carboxylic acids is 1. The molecule has 0 saturated heterocycles. The number of nitrogens with one attached hydrogen (secondary N) is 1. The smallest absolute Gasteiger partial charge is 0.251 e. The van der Waals surface area contributed by atoms with Crippen LogP contribution in [0.15, 0.2) is 18.2 Å². The Labute approximate surface area is 113 Å². The van der Waals surface area contributed by atoms with Crippen molar-refractivity contribution in [3.05, 3.63) is 34.3 Å². The molecule has 0 spiro atoms. The van der Waals surface area contributed by atoms with Crippen LogP contribution in [0.1, 0.15) is 36.2 Å². The van der Waals surface area contributed by atoms with Gasteiger partial charge >= 0.3 is 0 Å². The number of aryl methyl sites for hydroxylation is 1. The number of rotatable bonds is 5. The standard InChI is InChI=1S/C14H20ClNO2/c1-9(2)13(17)4-5-16-14(18)11-6-10(3)7-12(15)8-11/h6-9,13,17H,4-5H2,1-3H3,(H,16,18). The number of benzene rings is 1. The molecule has 1 aromatic rings. The maximum absolute atomic E-state index is 11.8. The SMILES string of the molecule is Cc1cc(Cl)cc(C(=O)NCCC(O)C(C)C)c1. The molecule has 1 rings (SSSR count). The van der Waals surface area contributed by atoms with E-state index in [1.807, 2.05) is 20.8 Å². The second-order valence-corrected chi connectivity index (χ2v) is 5.31. The second-order valence-electron chi connectivity index (χ2n) is 4.87. The van der Waals surface area contributed by atoms with Gasteiger partial charge in [0.25, 0.3) is 5.91 Å². The second kappa shape index (κ2) is 6.76. The Bertz CT molecular complexity index is 398. The molecule has 0 aromatic heterocycles. The van der Waals surface area contributed by atoms with Crippen LogP contribution >= 0.6 is 11.6 Å². The minimum Gasteiger partial charge on any atom is -0.393 e. The van der Waals surface area contributed by atoms with Crippen molar-refractivity contribution < 1.29 is 9.90 Å². The lowest BCUT2D eigenvalue weighted by Gasteiger charge is -2.14. The number of hydrogen-bond acceptors (Lipinski definition) is 2. The molecule has 0 heterocycles. The summed E-state index contributed by atoms with van der Waals surface area (Å²) in [6, 6.07) is 5.24. The van der Waals surface area contributed by atoms with E-state index < -0.39 is 0 Å². The first-order valence-corrected chi connectivity index (χ1v) is 6.51. The molecule has 1 aromatic carbocycles. The summed E-state index contributed by atoms with van der Waals surface area (Å²) in [5, 5.41) is 13.0. The fraction of sp³-hybridized carbons (Fsp3) is 0.500. The first-order valence-electron chi connectivity index (χ1n) is 6.13. The molecule has 0 aliphatic heterocycles. The zero-order valence-electron chi connectivity index (χ0n) is 11.0. The van der Waals surface area contributed by atoms with Crippen molar-refractivity contribution in [2.24, 2.45) is 5.92 Å². The van der Waals surface area contributed by atoms with Gasteiger partial charge in [0, 0.05) is 17.1 Å². The van der Waals surface area contributed by atoms with Gasteiger partial charge in [0.05, 0.1) is 6.10 Å². The molecule has 4 heteroatoms. The van der Waals surface area contributed by atoms with Crippen LogP contribution in [0.5, 0.6) is 0 Å². The van der Waals surface area contributed by atoms with E-state index in [-0.39, 0.29) is 17.9 Å². The zero-order valence-corrected chi connectivity index (χ0v) is 11.8. The van der Waals surface area contributed by atoms with E-state index in [9.17, 15) is 9.90 Å². The quantitative estimate of drug-likeness (QED) is 0.864. The van der Waals surface area contributed by atoms with E-state index in [2.05, 4.69) is 5.32 Å². The number of amides is 1. The molecule has 0 radical (unpaired) electrons. The monoisotopic (exact) mass is 269 g/mol. The van der Waals surface area contributed by atoms with Gasteiger partial charge in [-0.25, -0.2) is 0 Å². The van der Waals surface area contributed by atoms with Crippen molar-refractivity contribution in [1.82, 2.24) is 5.32 Å². The van der Waals surface area contributed by atoms with Crippen molar-refractivity contribution >= 4 is 17.5 Å². The van der Waals surface area contributed by atoms with E-state index in [1.54, 1.807) is 18.2 Å². The lowest BCUT2D eigenvalue weighted by atomic mass is 10.0. The molecule has 1 atom stereocenters. The van der Waals surface area contributed by atoms with Crippen LogP contribution in [0, 0.1) is 12.8 Å². The van der Waals surface area contributed by atoms with Crippen LogP contribution in [0.3, 0.4) is 0 Å². The maximum Gasteiger partial charge on any atom is 0.251 e. The Kier molecular flexibility index (Phi) is 5.63. The van der Waals surface area contributed by atoms with Crippen molar-refractivity contribution in [2.45, 2.75) is 33.3 Å². The Morgan fingerprint density at radius 1 is 1.39 bits per heavy atom. The lowest BCUT2D eigenvalue weighted by molar-refractivity contribution is 0.0920. The average molecular weight is 270 g/mol. The highest BCUT2D eigenvalue weighted by molar-refractivity contribution is 6.31. The zero-order chi connectivity index (χ0) is 13.7. The molecule has 0 fully saturated rings. The van der Waals surface area contributed by atoms with E-state index in [1.165, 1.54) is 0 Å². The number of carbonyl (C=O) groups is 1. The summed E-state index contributed by atoms with van der Waals surface area (Å²) in [6.07, 6.45) is 0.176. The summed E-state index contributed by atoms with van der Waals surface area (Å²) in [5.74, 6) is 0.0480. The minimum absolute atomic E-state index is 0.156. The van der Waals surface area contributed by atoms with E-state index in [0.29, 0.717) is 23.6 Å². The predicted molar refractivity (Wildman–Crippen MR) is 74.0 cm³/mol. The minimum atomic E-state index is -0.383. The highest BCUT2D eigenvalue weighted by Gasteiger charge is 2.11. The maximum atomic E-state index is 11.8. The molecule has 0 aliphatic rings. The van der Waals surface area contributed by atoms with Gasteiger partial charge in [-0.1, -0.05) is 25.4 Å². The number of hydrogen-bond donors (Lipinski definition) is 2. The molecule has 2 N–H and O–H groups in total. The molecule has 0 saturated carbocycles. The van der Waals surface area contributed by atoms with Crippen LogP contribution in [0.2, 0.25) is 5.02 Å². The van der Waals surface area contributed by atoms with Gasteiger partial charge in [0.15, 0.2) is 0 Å². The summed E-state index contributed by atoms with van der Waals surface area (Å²) in [5.41, 5.74) is 1.51. The van der Waals surface area contributed by atoms with Crippen LogP contribution in [0.4, 0.5) is 0 Å². The topological polar surface area (TPSA) is 49.3 Å². The number of halogens is 1. The summed E-state index contributed by atoms with van der Waals surface area (Å²) >= 11 is 5.90. The van der Waals surface area contributed by atoms with Gasteiger partial charge in [-0.2, -0.15) is 0 Å². The molecule has 100 valence electrons. The summed E-state index contributed by atoms with van der Waals surface area (Å²) in [7, 11) is 0. The number of aliphatic hydroxyl groups excluding tert-OH is 1. The third-order valence-electron chi connectivity index (χ3n) is 2.80. The Morgan fingerprint density at radius 2 is 2.06 bits per heavy atom. The van der Waals surface area contributed by atoms with Gasteiger partial charge < -0.3 is 10.4 Å². The van der Waals surface area contributed by atoms with Crippen LogP contribution < -0.4 is 5.32 Å². The van der Waals surface area contributed by atoms with Gasteiger partial charge in [0.1, 0.15) is 0 Å². The first kappa shape index (κ1) is 15.0. The fourth-order valence-corrected chi connectivity index (χ4v) is 1.93. The molecule has 3 nitrogen and oxygen atoms in total. The van der Waals surface area contributed by atoms with Gasteiger partial charge in [-0.05, 0) is 43.0 Å². The van der Waals surface area contributed by atoms with Crippen molar-refractivity contribution in [3.63, 3.8) is 0 Å². The fourth-order valence-electron chi connectivity index (χ4n) is 1.64. The summed E-state index contributed by atoms with van der Waals surface area (Å²) < 4.78 is 0. The Balaban J connectivity index is 2.50. The summed E-state index contributed by atoms with van der Waals surface area (Å²) in [6.45, 7) is 6.26. The van der Waals surface area contributed by atoms with Crippen LogP contribution in [0.25, 0.3) is 0 Å². The van der Waals surface area contributed by atoms with E-state index in [0.717, 1.165) is 5.56 Å². The normalized spacial score (nSPS) is 12.6. The molecular formula is C14H20ClNO2. The lowest BCUT2D eigenvalue weighted by Crippen LogP contribution is -2.28. The molecule has 18 heavy (non-hydrogen) atoms. The number of aliphatic hydroxyl groups is 1. The van der Waals surface area contributed by atoms with Gasteiger partial charge in [0.2, 0.25) is 0 Å². The Hall–Kier alpha value is -1.06. The third-order valence-corrected chi connectivity index (χ3v) is 3.02. The van der Waals surface area contributed by atoms with Gasteiger partial charge in [-0.15, -0.1) is 0 Å².